The van der Waals surface area contributed by atoms with Crippen LogP contribution >= 0.6 is 24.2 Å². The van der Waals surface area contributed by atoms with Crippen LogP contribution in [0.2, 0.25) is 0 Å². The first kappa shape index (κ1) is 26.1. The minimum absolute atomic E-state index is 0. The molecular formula is C12H22ClN3O6S. The number of rotatable bonds is 8. The van der Waals surface area contributed by atoms with E-state index in [0.29, 0.717) is 30.3 Å². The van der Waals surface area contributed by atoms with Crippen molar-refractivity contribution in [1.82, 2.24) is 0 Å². The first-order chi connectivity index (χ1) is 9.99. The van der Waals surface area contributed by atoms with E-state index in [1.807, 2.05) is 0 Å². The number of carboxylic acids is 3. The molecule has 7 N–H and O–H groups in total. The maximum atomic E-state index is 10.6. The Balaban J connectivity index is -0.000000382. The summed E-state index contributed by atoms with van der Waals surface area (Å²) in [6.45, 7) is 3.82. The second-order valence-electron chi connectivity index (χ2n) is 4.31. The molecule has 0 rings (SSSR count). The van der Waals surface area contributed by atoms with Gasteiger partial charge in [0.05, 0.1) is 5.84 Å². The van der Waals surface area contributed by atoms with Crippen LogP contribution in [-0.4, -0.2) is 62.7 Å². The number of hydrogen-bond donors (Lipinski definition) is 5. The van der Waals surface area contributed by atoms with Gasteiger partial charge in [0, 0.05) is 30.2 Å². The van der Waals surface area contributed by atoms with Gasteiger partial charge in [-0.2, -0.15) is 11.8 Å². The van der Waals surface area contributed by atoms with Crippen LogP contribution in [0.25, 0.3) is 0 Å². The third-order valence-corrected chi connectivity index (χ3v) is 3.13. The zero-order valence-electron chi connectivity index (χ0n) is 12.8. The minimum Gasteiger partial charge on any atom is -0.480 e. The molecule has 0 saturated carbocycles. The van der Waals surface area contributed by atoms with E-state index in [2.05, 4.69) is 4.99 Å². The Bertz CT molecular complexity index is 434. The van der Waals surface area contributed by atoms with Crippen LogP contribution in [0.4, 0.5) is 0 Å². The van der Waals surface area contributed by atoms with Gasteiger partial charge in [-0.1, -0.05) is 0 Å². The molecule has 134 valence electrons. The number of hydrogen-bond acceptors (Lipinski definition) is 6. The van der Waals surface area contributed by atoms with Crippen LogP contribution in [0.5, 0.6) is 0 Å². The molecule has 9 nitrogen and oxygen atoms in total. The van der Waals surface area contributed by atoms with Crippen molar-refractivity contribution in [2.75, 3.05) is 18.1 Å². The van der Waals surface area contributed by atoms with Gasteiger partial charge in [-0.25, -0.2) is 9.59 Å². The van der Waals surface area contributed by atoms with Crippen molar-refractivity contribution in [3.05, 3.63) is 12.2 Å². The summed E-state index contributed by atoms with van der Waals surface area (Å²) in [4.78, 5) is 33.7. The molecular weight excluding hydrogens is 350 g/mol. The standard InChI is InChI=1S/C8H17N3O2S.C4H4O4.ClH/c1-6(9)11-3-4-14-5-8(2,10)7(12)13;5-3(6)1-2-4(7)8;/h3-5,10H2,1-2H3,(H2,9,11)(H,12,13);1-2H,(H,5,6)(H,7,8);1H/b;2-1-;. The Morgan fingerprint density at radius 2 is 1.61 bits per heavy atom. The topological polar surface area (TPSA) is 176 Å². The molecule has 0 aliphatic heterocycles. The summed E-state index contributed by atoms with van der Waals surface area (Å²) in [6.07, 6.45) is 1.12. The molecule has 0 saturated heterocycles. The first-order valence-corrected chi connectivity index (χ1v) is 7.15. The lowest BCUT2D eigenvalue weighted by Gasteiger charge is -2.17. The highest BCUT2D eigenvalue weighted by Gasteiger charge is 2.27. The molecule has 0 radical (unpaired) electrons. The fraction of sp³-hybridized carbons (Fsp3) is 0.500. The molecule has 0 aromatic heterocycles. The zero-order valence-corrected chi connectivity index (χ0v) is 14.4. The molecule has 1 unspecified atom stereocenters. The lowest BCUT2D eigenvalue weighted by Crippen LogP contribution is -2.47. The smallest absolute Gasteiger partial charge is 0.328 e. The summed E-state index contributed by atoms with van der Waals surface area (Å²) < 4.78 is 0. The fourth-order valence-corrected chi connectivity index (χ4v) is 1.69. The van der Waals surface area contributed by atoms with Gasteiger partial charge in [-0.05, 0) is 13.8 Å². The van der Waals surface area contributed by atoms with E-state index < -0.39 is 23.4 Å². The Kier molecular flexibility index (Phi) is 15.7. The molecule has 23 heavy (non-hydrogen) atoms. The summed E-state index contributed by atoms with van der Waals surface area (Å²) in [5.74, 6) is -1.85. The predicted molar refractivity (Wildman–Crippen MR) is 91.4 cm³/mol. The molecule has 0 aliphatic carbocycles. The molecule has 11 heteroatoms. The Morgan fingerprint density at radius 3 is 1.91 bits per heavy atom. The molecule has 0 aliphatic rings. The number of carboxylic acid groups (broad SMARTS) is 3. The zero-order chi connectivity index (χ0) is 17.8. The summed E-state index contributed by atoms with van der Waals surface area (Å²) in [7, 11) is 0. The third kappa shape index (κ3) is 20.2. The Labute approximate surface area is 144 Å². The van der Waals surface area contributed by atoms with Gasteiger partial charge in [-0.15, -0.1) is 12.4 Å². The second-order valence-corrected chi connectivity index (χ2v) is 5.41. The first-order valence-electron chi connectivity index (χ1n) is 5.99. The molecule has 0 heterocycles. The fourth-order valence-electron chi connectivity index (χ4n) is 0.775. The van der Waals surface area contributed by atoms with Gasteiger partial charge in [-0.3, -0.25) is 9.79 Å². The average molecular weight is 372 g/mol. The number of nitrogens with zero attached hydrogens (tertiary/aromatic N) is 1. The second kappa shape index (κ2) is 13.9. The van der Waals surface area contributed by atoms with Crippen molar-refractivity contribution < 1.29 is 29.7 Å². The Morgan fingerprint density at radius 1 is 1.17 bits per heavy atom. The van der Waals surface area contributed by atoms with E-state index in [1.165, 1.54) is 18.7 Å². The van der Waals surface area contributed by atoms with Crippen LogP contribution in [0.3, 0.4) is 0 Å². The van der Waals surface area contributed by atoms with E-state index in [1.54, 1.807) is 6.92 Å². The van der Waals surface area contributed by atoms with Gasteiger partial charge in [0.1, 0.15) is 5.54 Å². The van der Waals surface area contributed by atoms with Crippen LogP contribution in [-0.2, 0) is 14.4 Å². The lowest BCUT2D eigenvalue weighted by atomic mass is 10.1. The number of halogens is 1. The SMILES string of the molecule is CC(N)=NCCSCC(C)(N)C(=O)O.Cl.O=C(O)/C=C\C(=O)O. The van der Waals surface area contributed by atoms with Crippen LogP contribution in [0.15, 0.2) is 17.1 Å². The van der Waals surface area contributed by atoms with Crippen molar-refractivity contribution in [1.29, 1.82) is 0 Å². The maximum absolute atomic E-state index is 10.6. The minimum atomic E-state index is -1.26. The molecule has 0 bridgehead atoms. The average Bonchev–Trinajstić information content (AvgIpc) is 2.36. The number of aliphatic imine (C=N–C) groups is 1. The summed E-state index contributed by atoms with van der Waals surface area (Å²) in [6, 6.07) is 0. The number of thioether (sulfide) groups is 1. The van der Waals surface area contributed by atoms with Gasteiger partial charge in [0.15, 0.2) is 0 Å². The highest BCUT2D eigenvalue weighted by atomic mass is 35.5. The largest absolute Gasteiger partial charge is 0.480 e. The van der Waals surface area contributed by atoms with Crippen molar-refractivity contribution in [3.63, 3.8) is 0 Å². The number of nitrogens with two attached hydrogens (primary N) is 2. The quantitative estimate of drug-likeness (QED) is 0.170. The van der Waals surface area contributed by atoms with Crippen molar-refractivity contribution in [2.24, 2.45) is 16.5 Å². The van der Waals surface area contributed by atoms with Crippen LogP contribution in [0.1, 0.15) is 13.8 Å². The monoisotopic (exact) mass is 371 g/mol. The van der Waals surface area contributed by atoms with Gasteiger partial charge < -0.3 is 26.8 Å². The van der Waals surface area contributed by atoms with E-state index in [4.69, 9.17) is 26.8 Å². The molecule has 0 aromatic rings. The van der Waals surface area contributed by atoms with Gasteiger partial charge in [0.2, 0.25) is 0 Å². The summed E-state index contributed by atoms with van der Waals surface area (Å²) in [5, 5.41) is 24.3. The van der Waals surface area contributed by atoms with E-state index >= 15 is 0 Å². The number of carbonyl (C=O) groups is 3. The van der Waals surface area contributed by atoms with E-state index in [-0.39, 0.29) is 12.4 Å². The normalized spacial score (nSPS) is 13.3. The number of amidine groups is 1. The molecule has 0 spiro atoms. The summed E-state index contributed by atoms with van der Waals surface area (Å²) >= 11 is 1.46. The molecule has 0 amide bonds. The predicted octanol–water partition coefficient (Wildman–Crippen LogP) is 0.0323. The van der Waals surface area contributed by atoms with Crippen molar-refractivity contribution in [3.8, 4) is 0 Å². The number of aliphatic carboxylic acids is 3. The lowest BCUT2D eigenvalue weighted by molar-refractivity contribution is -0.141. The maximum Gasteiger partial charge on any atom is 0.328 e. The highest BCUT2D eigenvalue weighted by Crippen LogP contribution is 2.10. The van der Waals surface area contributed by atoms with Gasteiger partial charge in [0.25, 0.3) is 0 Å². The van der Waals surface area contributed by atoms with Crippen LogP contribution in [0, 0.1) is 0 Å². The molecule has 1 atom stereocenters. The third-order valence-electron chi connectivity index (χ3n) is 1.86. The van der Waals surface area contributed by atoms with Crippen molar-refractivity contribution >= 4 is 47.9 Å². The van der Waals surface area contributed by atoms with Crippen molar-refractivity contribution in [2.45, 2.75) is 19.4 Å². The van der Waals surface area contributed by atoms with Gasteiger partial charge >= 0.3 is 17.9 Å². The summed E-state index contributed by atoms with van der Waals surface area (Å²) in [5.41, 5.74) is 9.69. The highest BCUT2D eigenvalue weighted by molar-refractivity contribution is 7.99. The van der Waals surface area contributed by atoms with E-state index in [0.717, 1.165) is 5.75 Å². The van der Waals surface area contributed by atoms with Crippen LogP contribution < -0.4 is 11.5 Å². The molecule has 0 fully saturated rings. The molecule has 0 aromatic carbocycles. The van der Waals surface area contributed by atoms with E-state index in [9.17, 15) is 14.4 Å². The Hall–Kier alpha value is -1.78.